The van der Waals surface area contributed by atoms with Crippen molar-refractivity contribution in [2.45, 2.75) is 35.3 Å². The summed E-state index contributed by atoms with van der Waals surface area (Å²) >= 11 is 7.54. The molecule has 0 radical (unpaired) electrons. The van der Waals surface area contributed by atoms with E-state index >= 15 is 0 Å². The second-order valence-corrected chi connectivity index (χ2v) is 9.41. The topological polar surface area (TPSA) is 170 Å². The third kappa shape index (κ3) is 5.97. The summed E-state index contributed by atoms with van der Waals surface area (Å²) in [6.07, 6.45) is 3.44. The number of hydrogen-bond donors (Lipinski definition) is 3. The van der Waals surface area contributed by atoms with Crippen molar-refractivity contribution in [3.05, 3.63) is 23.5 Å². The van der Waals surface area contributed by atoms with E-state index in [9.17, 15) is 14.4 Å². The molecule has 0 aromatic carbocycles. The Kier molecular flexibility index (Phi) is 7.67. The number of nitrogens with zero attached hydrogens (tertiary/aromatic N) is 5. The molecule has 0 unspecified atom stereocenters. The monoisotopic (exact) mass is 508 g/mol. The number of nitrogen functional groups attached to an aromatic ring is 1. The van der Waals surface area contributed by atoms with Crippen molar-refractivity contribution >= 4 is 58.7 Å². The van der Waals surface area contributed by atoms with E-state index in [0.717, 1.165) is 16.7 Å². The molecule has 34 heavy (non-hydrogen) atoms. The second-order valence-electron chi connectivity index (χ2n) is 8.00. The number of hydrogen-bond acceptors (Lipinski definition) is 10. The molecule has 1 aliphatic rings. The highest BCUT2D eigenvalue weighted by atomic mass is 35.5. The Bertz CT molecular complexity index is 1110. The Labute approximate surface area is 205 Å². The zero-order chi connectivity index (χ0) is 25.0. The zero-order valence-electron chi connectivity index (χ0n) is 18.9. The Morgan fingerprint density at radius 1 is 1.26 bits per heavy atom. The molecular weight excluding hydrogens is 484 g/mol. The van der Waals surface area contributed by atoms with Crippen LogP contribution in [0.25, 0.3) is 0 Å². The lowest BCUT2D eigenvalue weighted by molar-refractivity contribution is -0.141. The minimum atomic E-state index is -0.857. The van der Waals surface area contributed by atoms with Crippen LogP contribution < -0.4 is 21.7 Å². The van der Waals surface area contributed by atoms with E-state index in [1.165, 1.54) is 20.3 Å². The standard InChI is InChI=1S/C20H25ClN8O4S/c1-20(33-19(23)32)5-8-29(9-6-20)12-10-25-17(14(22)26-12)34-11-4-7-24-15(13(11)21)27-16(30)18(31)28(2)3/h4,7,10H,5-6,8-9H2,1-3H3,(H2,22,26)(H2,23,32)(H,24,27,30). The Morgan fingerprint density at radius 3 is 2.53 bits per heavy atom. The number of nitrogens with two attached hydrogens (primary N) is 2. The van der Waals surface area contributed by atoms with Gasteiger partial charge in [-0.1, -0.05) is 23.4 Å². The van der Waals surface area contributed by atoms with Gasteiger partial charge in [-0.05, 0) is 13.0 Å². The number of rotatable bonds is 5. The first-order valence-electron chi connectivity index (χ1n) is 10.2. The predicted octanol–water partition coefficient (Wildman–Crippen LogP) is 1.74. The van der Waals surface area contributed by atoms with E-state index in [1.807, 2.05) is 11.8 Å². The lowest BCUT2D eigenvalue weighted by Crippen LogP contribution is -2.46. The predicted molar refractivity (Wildman–Crippen MR) is 128 cm³/mol. The van der Waals surface area contributed by atoms with Crippen LogP contribution in [0.1, 0.15) is 19.8 Å². The number of carbonyl (C=O) groups excluding carboxylic acids is 3. The summed E-state index contributed by atoms with van der Waals surface area (Å²) in [4.78, 5) is 51.5. The van der Waals surface area contributed by atoms with Crippen molar-refractivity contribution in [1.29, 1.82) is 0 Å². The van der Waals surface area contributed by atoms with Gasteiger partial charge in [0.15, 0.2) is 11.6 Å². The van der Waals surface area contributed by atoms with Crippen LogP contribution in [0.15, 0.2) is 28.4 Å². The molecule has 3 heterocycles. The van der Waals surface area contributed by atoms with Gasteiger partial charge in [-0.25, -0.2) is 19.7 Å². The number of nitrogens with one attached hydrogen (secondary N) is 1. The fourth-order valence-corrected chi connectivity index (χ4v) is 4.28. The lowest BCUT2D eigenvalue weighted by Gasteiger charge is -2.38. The summed E-state index contributed by atoms with van der Waals surface area (Å²) in [5.41, 5.74) is 10.7. The third-order valence-electron chi connectivity index (χ3n) is 5.14. The number of piperidine rings is 1. The number of ether oxygens (including phenoxy) is 1. The molecule has 0 spiro atoms. The summed E-state index contributed by atoms with van der Waals surface area (Å²) in [6.45, 7) is 3.03. The minimum absolute atomic E-state index is 0.0459. The first kappa shape index (κ1) is 25.3. The van der Waals surface area contributed by atoms with Gasteiger partial charge in [0, 0.05) is 51.1 Å². The van der Waals surface area contributed by atoms with Crippen LogP contribution in [0.2, 0.25) is 5.02 Å². The van der Waals surface area contributed by atoms with E-state index in [4.69, 9.17) is 27.8 Å². The van der Waals surface area contributed by atoms with Gasteiger partial charge >= 0.3 is 17.9 Å². The van der Waals surface area contributed by atoms with E-state index < -0.39 is 23.5 Å². The summed E-state index contributed by atoms with van der Waals surface area (Å²) in [5.74, 6) is -0.751. The average molecular weight is 509 g/mol. The summed E-state index contributed by atoms with van der Waals surface area (Å²) in [6, 6.07) is 1.63. The molecule has 3 rings (SSSR count). The van der Waals surface area contributed by atoms with Gasteiger partial charge in [-0.3, -0.25) is 9.59 Å². The summed E-state index contributed by atoms with van der Waals surface area (Å²) in [7, 11) is 2.93. The first-order valence-corrected chi connectivity index (χ1v) is 11.4. The summed E-state index contributed by atoms with van der Waals surface area (Å²) in [5, 5.41) is 2.96. The van der Waals surface area contributed by atoms with Crippen LogP contribution >= 0.6 is 23.4 Å². The van der Waals surface area contributed by atoms with E-state index in [2.05, 4.69) is 20.3 Å². The lowest BCUT2D eigenvalue weighted by atomic mass is 9.93. The number of pyridine rings is 1. The molecule has 1 aliphatic heterocycles. The molecule has 1 fully saturated rings. The largest absolute Gasteiger partial charge is 0.443 e. The maximum absolute atomic E-state index is 12.0. The number of carbonyl (C=O) groups is 3. The number of amides is 3. The molecule has 0 saturated carbocycles. The number of primary amides is 1. The van der Waals surface area contributed by atoms with E-state index in [-0.39, 0.29) is 16.7 Å². The third-order valence-corrected chi connectivity index (χ3v) is 6.70. The van der Waals surface area contributed by atoms with Crippen LogP contribution in [0, 0.1) is 0 Å². The van der Waals surface area contributed by atoms with Gasteiger partial charge in [0.05, 0.1) is 11.2 Å². The first-order chi connectivity index (χ1) is 16.0. The molecule has 0 atom stereocenters. The quantitative estimate of drug-likeness (QED) is 0.505. The zero-order valence-corrected chi connectivity index (χ0v) is 20.4. The molecule has 0 bridgehead atoms. The molecular formula is C20H25ClN8O4S. The maximum Gasteiger partial charge on any atom is 0.405 e. The Balaban J connectivity index is 1.70. The van der Waals surface area contributed by atoms with Crippen molar-refractivity contribution in [1.82, 2.24) is 19.9 Å². The van der Waals surface area contributed by atoms with Gasteiger partial charge in [0.2, 0.25) is 0 Å². The molecule has 2 aromatic heterocycles. The molecule has 182 valence electrons. The van der Waals surface area contributed by atoms with Crippen LogP contribution in [0.3, 0.4) is 0 Å². The summed E-state index contributed by atoms with van der Waals surface area (Å²) < 4.78 is 5.22. The van der Waals surface area contributed by atoms with Gasteiger partial charge in [0.1, 0.15) is 16.4 Å². The molecule has 0 aliphatic carbocycles. The van der Waals surface area contributed by atoms with E-state index in [1.54, 1.807) is 12.3 Å². The molecule has 5 N–H and O–H groups in total. The number of aromatic nitrogens is 3. The Morgan fingerprint density at radius 2 is 1.94 bits per heavy atom. The average Bonchev–Trinajstić information content (AvgIpc) is 2.76. The van der Waals surface area contributed by atoms with Crippen LogP contribution in [-0.4, -0.2) is 70.5 Å². The van der Waals surface area contributed by atoms with Crippen molar-refractivity contribution in [2.24, 2.45) is 5.73 Å². The van der Waals surface area contributed by atoms with Crippen LogP contribution in [0.4, 0.5) is 22.2 Å². The molecule has 3 amide bonds. The highest BCUT2D eigenvalue weighted by Crippen LogP contribution is 2.38. The van der Waals surface area contributed by atoms with E-state index in [0.29, 0.717) is 41.7 Å². The highest BCUT2D eigenvalue weighted by molar-refractivity contribution is 7.99. The minimum Gasteiger partial charge on any atom is -0.443 e. The molecule has 1 saturated heterocycles. The van der Waals surface area contributed by atoms with Crippen molar-refractivity contribution < 1.29 is 19.1 Å². The van der Waals surface area contributed by atoms with Gasteiger partial charge in [-0.15, -0.1) is 0 Å². The molecule has 2 aromatic rings. The van der Waals surface area contributed by atoms with Crippen molar-refractivity contribution in [3.8, 4) is 0 Å². The smallest absolute Gasteiger partial charge is 0.405 e. The number of likely N-dealkylation sites (N-methyl/N-ethyl adjacent to an activating group) is 1. The van der Waals surface area contributed by atoms with Crippen molar-refractivity contribution in [2.75, 3.05) is 43.1 Å². The fourth-order valence-electron chi connectivity index (χ4n) is 3.23. The Hall–Kier alpha value is -3.32. The number of anilines is 3. The normalized spacial score (nSPS) is 14.9. The molecule has 12 nitrogen and oxygen atoms in total. The van der Waals surface area contributed by atoms with Gasteiger partial charge in [-0.2, -0.15) is 0 Å². The van der Waals surface area contributed by atoms with Crippen LogP contribution in [0.5, 0.6) is 0 Å². The van der Waals surface area contributed by atoms with Crippen LogP contribution in [-0.2, 0) is 14.3 Å². The molecule has 14 heteroatoms. The maximum atomic E-state index is 12.0. The second kappa shape index (κ2) is 10.3. The number of halogens is 1. The van der Waals surface area contributed by atoms with Gasteiger partial charge in [0.25, 0.3) is 0 Å². The van der Waals surface area contributed by atoms with Gasteiger partial charge < -0.3 is 31.3 Å². The highest BCUT2D eigenvalue weighted by Gasteiger charge is 2.34. The fraction of sp³-hybridized carbons (Fsp3) is 0.400. The SMILES string of the molecule is CN(C)C(=O)C(=O)Nc1nccc(Sc2ncc(N3CCC(C)(OC(N)=O)CC3)nc2N)c1Cl. The van der Waals surface area contributed by atoms with Crippen molar-refractivity contribution in [3.63, 3.8) is 0 Å².